The highest BCUT2D eigenvalue weighted by Crippen LogP contribution is 2.16. The van der Waals surface area contributed by atoms with E-state index in [2.05, 4.69) is 15.0 Å². The van der Waals surface area contributed by atoms with Crippen molar-refractivity contribution in [1.29, 1.82) is 0 Å². The second-order valence-electron chi connectivity index (χ2n) is 5.10. The monoisotopic (exact) mass is 386 g/mol. The Hall–Kier alpha value is -3.91. The number of azide groups is 1. The summed E-state index contributed by atoms with van der Waals surface area (Å²) in [6.45, 7) is 4.04. The van der Waals surface area contributed by atoms with Gasteiger partial charge in [0, 0.05) is 15.9 Å². The highest BCUT2D eigenvalue weighted by atomic mass is 16.5. The van der Waals surface area contributed by atoms with E-state index in [4.69, 9.17) is 23.8 Å². The number of carbonyl (C=O) groups is 2. The summed E-state index contributed by atoms with van der Waals surface area (Å²) in [5.74, 6) is -1.01. The lowest BCUT2D eigenvalue weighted by atomic mass is 10.3. The normalized spacial score (nSPS) is 10.6. The number of H-pyrrole nitrogens is 1. The molecular weight excluding hydrogens is 368 g/mol. The van der Waals surface area contributed by atoms with Gasteiger partial charge in [0.05, 0.1) is 32.0 Å². The lowest BCUT2D eigenvalue weighted by molar-refractivity contribution is -0.138. The van der Waals surface area contributed by atoms with Crippen LogP contribution in [0.4, 0.5) is 0 Å². The van der Waals surface area contributed by atoms with Crippen molar-refractivity contribution < 1.29 is 27.9 Å². The number of fused-ring (bicyclic) bond motifs is 1. The molecule has 0 saturated heterocycles. The molecule has 10 nitrogen and oxygen atoms in total. The molecule has 0 radical (unpaired) electrons. The molecule has 0 unspecified atom stereocenters. The quantitative estimate of drug-likeness (QED) is 0.218. The van der Waals surface area contributed by atoms with Crippen molar-refractivity contribution in [3.63, 3.8) is 0 Å². The smallest absolute Gasteiger partial charge is 0.354 e. The number of hydrogen-bond acceptors (Lipinski definition) is 7. The van der Waals surface area contributed by atoms with Crippen molar-refractivity contribution in [3.8, 4) is 0 Å². The van der Waals surface area contributed by atoms with Gasteiger partial charge in [-0.3, -0.25) is 0 Å². The molecular formula is C18H18N4O6. The van der Waals surface area contributed by atoms with Crippen molar-refractivity contribution in [2.45, 2.75) is 13.8 Å². The van der Waals surface area contributed by atoms with Crippen molar-refractivity contribution >= 4 is 29.1 Å². The van der Waals surface area contributed by atoms with Crippen molar-refractivity contribution in [3.05, 3.63) is 64.4 Å². The molecule has 0 aromatic carbocycles. The molecule has 0 aliphatic rings. The van der Waals surface area contributed by atoms with Gasteiger partial charge in [-0.1, -0.05) is 5.11 Å². The molecule has 1 N–H and O–H groups in total. The zero-order valence-electron chi connectivity index (χ0n) is 15.2. The minimum atomic E-state index is -0.656. The van der Waals surface area contributed by atoms with Gasteiger partial charge in [-0.25, -0.2) is 9.59 Å². The fourth-order valence-corrected chi connectivity index (χ4v) is 2.06. The number of esters is 2. The first kappa shape index (κ1) is 20.4. The molecule has 0 atom stereocenters. The summed E-state index contributed by atoms with van der Waals surface area (Å²) in [6.07, 6.45) is 5.83. The fourth-order valence-electron chi connectivity index (χ4n) is 2.06. The van der Waals surface area contributed by atoms with Gasteiger partial charge in [0.1, 0.15) is 11.4 Å². The molecule has 3 heterocycles. The minimum absolute atomic E-state index is 0.0965. The summed E-state index contributed by atoms with van der Waals surface area (Å²) in [5.41, 5.74) is 9.83. The lowest BCUT2D eigenvalue weighted by Crippen LogP contribution is -2.05. The first-order chi connectivity index (χ1) is 13.6. The Kier molecular flexibility index (Phi) is 7.50. The zero-order chi connectivity index (χ0) is 20.4. The van der Waals surface area contributed by atoms with Crippen LogP contribution >= 0.6 is 0 Å². The maximum Gasteiger partial charge on any atom is 0.354 e. The van der Waals surface area contributed by atoms with E-state index in [1.54, 1.807) is 38.3 Å². The van der Waals surface area contributed by atoms with Gasteiger partial charge in [-0.2, -0.15) is 0 Å². The summed E-state index contributed by atoms with van der Waals surface area (Å²) in [7, 11) is 0. The van der Waals surface area contributed by atoms with Gasteiger partial charge in [0.2, 0.25) is 5.71 Å². The van der Waals surface area contributed by atoms with Crippen LogP contribution in [0.2, 0.25) is 0 Å². The summed E-state index contributed by atoms with van der Waals surface area (Å²) in [5, 5.41) is 4.12. The van der Waals surface area contributed by atoms with E-state index < -0.39 is 5.97 Å². The number of ether oxygens (including phenoxy) is 2. The predicted molar refractivity (Wildman–Crippen MR) is 99.0 cm³/mol. The first-order valence-corrected chi connectivity index (χ1v) is 8.28. The van der Waals surface area contributed by atoms with Gasteiger partial charge in [0.15, 0.2) is 0 Å². The molecule has 0 bridgehead atoms. The largest absolute Gasteiger partial charge is 0.472 e. The topological polar surface area (TPSA) is 143 Å². The molecule has 3 rings (SSSR count). The summed E-state index contributed by atoms with van der Waals surface area (Å²) < 4.78 is 19.4. The molecule has 3 aromatic rings. The molecule has 3 aromatic heterocycles. The van der Waals surface area contributed by atoms with Crippen LogP contribution in [0, 0.1) is 0 Å². The SMILES string of the molecule is CCOC(=O)/C(=C/c1ccoc1)N=[N+]=[N-].CCOC(=O)c1cc2ccoc2[nH]1. The first-order valence-electron chi connectivity index (χ1n) is 8.28. The molecule has 0 aliphatic carbocycles. The van der Waals surface area contributed by atoms with E-state index in [1.165, 1.54) is 18.6 Å². The third-order valence-corrected chi connectivity index (χ3v) is 3.22. The molecule has 0 saturated carbocycles. The standard InChI is InChI=1S/C9H9N3O3.C9H9NO3/c1-2-15-9(13)8(11-12-10)5-7-3-4-14-6-7;1-2-12-9(11)7-5-6-3-4-13-8(6)10-7/h3-6H,2H2,1H3;3-5,10H,2H2,1H3/b8-5-;. The molecule has 0 spiro atoms. The van der Waals surface area contributed by atoms with Gasteiger partial charge in [0.25, 0.3) is 0 Å². The van der Waals surface area contributed by atoms with Crippen LogP contribution in [0.25, 0.3) is 27.6 Å². The van der Waals surface area contributed by atoms with E-state index in [0.717, 1.165) is 5.39 Å². The second-order valence-corrected chi connectivity index (χ2v) is 5.10. The van der Waals surface area contributed by atoms with Gasteiger partial charge in [-0.05, 0) is 43.7 Å². The van der Waals surface area contributed by atoms with Gasteiger partial charge in [-0.15, -0.1) is 0 Å². The number of furan rings is 2. The number of hydrogen-bond donors (Lipinski definition) is 1. The number of nitrogens with one attached hydrogen (secondary N) is 1. The number of aromatic nitrogens is 1. The van der Waals surface area contributed by atoms with E-state index in [1.807, 2.05) is 0 Å². The Morgan fingerprint density at radius 3 is 2.64 bits per heavy atom. The Morgan fingerprint density at radius 2 is 2.04 bits per heavy atom. The van der Waals surface area contributed by atoms with Crippen LogP contribution in [-0.4, -0.2) is 30.1 Å². The second kappa shape index (κ2) is 10.3. The maximum atomic E-state index is 11.3. The Morgan fingerprint density at radius 1 is 1.25 bits per heavy atom. The van der Waals surface area contributed by atoms with Crippen molar-refractivity contribution in [1.82, 2.24) is 4.98 Å². The van der Waals surface area contributed by atoms with Gasteiger partial charge < -0.3 is 23.3 Å². The minimum Gasteiger partial charge on any atom is -0.472 e. The van der Waals surface area contributed by atoms with Crippen LogP contribution in [0.3, 0.4) is 0 Å². The van der Waals surface area contributed by atoms with Crippen LogP contribution in [-0.2, 0) is 14.3 Å². The fraction of sp³-hybridized carbons (Fsp3) is 0.222. The summed E-state index contributed by atoms with van der Waals surface area (Å²) in [6, 6.07) is 5.12. The van der Waals surface area contributed by atoms with Crippen LogP contribution in [0.1, 0.15) is 29.9 Å². The highest BCUT2D eigenvalue weighted by Gasteiger charge is 2.11. The number of nitrogens with zero attached hydrogens (tertiary/aromatic N) is 3. The van der Waals surface area contributed by atoms with Crippen LogP contribution in [0.15, 0.2) is 56.6 Å². The highest BCUT2D eigenvalue weighted by molar-refractivity contribution is 5.93. The number of aromatic amines is 1. The zero-order valence-corrected chi connectivity index (χ0v) is 15.2. The molecule has 28 heavy (non-hydrogen) atoms. The van der Waals surface area contributed by atoms with Crippen molar-refractivity contribution in [2.75, 3.05) is 13.2 Å². The number of rotatable bonds is 6. The summed E-state index contributed by atoms with van der Waals surface area (Å²) >= 11 is 0. The van der Waals surface area contributed by atoms with Gasteiger partial charge >= 0.3 is 11.9 Å². The molecule has 10 heteroatoms. The average molecular weight is 386 g/mol. The molecule has 0 amide bonds. The Balaban J connectivity index is 0.000000202. The van der Waals surface area contributed by atoms with E-state index in [0.29, 0.717) is 23.6 Å². The van der Waals surface area contributed by atoms with E-state index >= 15 is 0 Å². The van der Waals surface area contributed by atoms with Crippen LogP contribution < -0.4 is 0 Å². The third kappa shape index (κ3) is 5.55. The van der Waals surface area contributed by atoms with Crippen LogP contribution in [0.5, 0.6) is 0 Å². The van der Waals surface area contributed by atoms with Crippen molar-refractivity contribution in [2.24, 2.45) is 5.11 Å². The summed E-state index contributed by atoms with van der Waals surface area (Å²) in [4.78, 5) is 27.9. The average Bonchev–Trinajstić information content (AvgIpc) is 3.40. The number of carbonyl (C=O) groups excluding carboxylic acids is 2. The third-order valence-electron chi connectivity index (χ3n) is 3.22. The lowest BCUT2D eigenvalue weighted by Gasteiger charge is -1.99. The molecule has 146 valence electrons. The molecule has 0 aliphatic heterocycles. The van der Waals surface area contributed by atoms with E-state index in [-0.39, 0.29) is 18.3 Å². The molecule has 0 fully saturated rings. The maximum absolute atomic E-state index is 11.3. The Labute approximate surface area is 159 Å². The Bertz CT molecular complexity index is 964. The predicted octanol–water partition coefficient (Wildman–Crippen LogP) is 4.43. The van der Waals surface area contributed by atoms with E-state index in [9.17, 15) is 9.59 Å².